The fourth-order valence-electron chi connectivity index (χ4n) is 1.44. The Bertz CT molecular complexity index is 279. The monoisotopic (exact) mass is 238 g/mol. The number of rotatable bonds is 7. The van der Waals surface area contributed by atoms with Crippen molar-refractivity contribution in [1.29, 1.82) is 0 Å². The van der Waals surface area contributed by atoms with Crippen LogP contribution in [0, 0.1) is 0 Å². The van der Waals surface area contributed by atoms with E-state index in [-0.39, 0.29) is 0 Å². The van der Waals surface area contributed by atoms with Crippen LogP contribution in [0.1, 0.15) is 38.7 Å². The lowest BCUT2D eigenvalue weighted by atomic mass is 10.0. The molecule has 2 heteroatoms. The molecule has 1 rings (SSSR count). The van der Waals surface area contributed by atoms with Crippen LogP contribution in [0.25, 0.3) is 0 Å². The van der Waals surface area contributed by atoms with Gasteiger partial charge < -0.3 is 4.74 Å². The van der Waals surface area contributed by atoms with Crippen LogP contribution in [0.5, 0.6) is 5.75 Å². The average Bonchev–Trinajstić information content (AvgIpc) is 2.29. The highest BCUT2D eigenvalue weighted by Crippen LogP contribution is 2.18. The first-order valence-electron chi connectivity index (χ1n) is 6.04. The second-order valence-electron chi connectivity index (χ2n) is 4.12. The largest absolute Gasteiger partial charge is 0.494 e. The summed E-state index contributed by atoms with van der Waals surface area (Å²) < 4.78 is 5.67. The summed E-state index contributed by atoms with van der Waals surface area (Å²) in [6.07, 6.45) is 1.13. The van der Waals surface area contributed by atoms with Gasteiger partial charge in [0.1, 0.15) is 5.75 Å². The van der Waals surface area contributed by atoms with Gasteiger partial charge >= 0.3 is 0 Å². The first-order valence-corrected chi connectivity index (χ1v) is 7.20. The highest BCUT2D eigenvalue weighted by Gasteiger charge is 1.99. The third kappa shape index (κ3) is 4.93. The molecule has 90 valence electrons. The summed E-state index contributed by atoms with van der Waals surface area (Å²) in [6.45, 7) is 7.43. The molecule has 0 atom stereocenters. The molecular formula is C14H22OS. The molecule has 0 N–H and O–H groups in total. The third-order valence-corrected chi connectivity index (χ3v) is 3.44. The van der Waals surface area contributed by atoms with Crippen molar-refractivity contribution in [1.82, 2.24) is 0 Å². The van der Waals surface area contributed by atoms with Crippen molar-refractivity contribution in [2.24, 2.45) is 0 Å². The molecule has 0 unspecified atom stereocenters. The Morgan fingerprint density at radius 3 is 2.44 bits per heavy atom. The van der Waals surface area contributed by atoms with Gasteiger partial charge in [-0.3, -0.25) is 0 Å². The van der Waals surface area contributed by atoms with Crippen molar-refractivity contribution < 1.29 is 4.74 Å². The van der Waals surface area contributed by atoms with Crippen LogP contribution in [-0.4, -0.2) is 18.1 Å². The van der Waals surface area contributed by atoms with Crippen LogP contribution in [0.4, 0.5) is 0 Å². The maximum Gasteiger partial charge on any atom is 0.119 e. The highest BCUT2D eigenvalue weighted by molar-refractivity contribution is 7.99. The predicted octanol–water partition coefficient (Wildman–Crippen LogP) is 4.33. The summed E-state index contributed by atoms with van der Waals surface area (Å²) in [5.41, 5.74) is 1.37. The van der Waals surface area contributed by atoms with Gasteiger partial charge in [-0.05, 0) is 41.5 Å². The van der Waals surface area contributed by atoms with E-state index in [1.54, 1.807) is 0 Å². The summed E-state index contributed by atoms with van der Waals surface area (Å²) in [6, 6.07) is 8.45. The average molecular weight is 238 g/mol. The molecule has 0 radical (unpaired) electrons. The van der Waals surface area contributed by atoms with E-state index in [0.29, 0.717) is 5.92 Å². The molecule has 0 aromatic heterocycles. The van der Waals surface area contributed by atoms with Gasteiger partial charge in [-0.2, -0.15) is 11.8 Å². The number of benzene rings is 1. The Kier molecular flexibility index (Phi) is 6.39. The molecule has 0 saturated carbocycles. The minimum absolute atomic E-state index is 0.593. The van der Waals surface area contributed by atoms with E-state index in [1.165, 1.54) is 17.1 Å². The number of ether oxygens (including phenoxy) is 1. The number of hydrogen-bond acceptors (Lipinski definition) is 2. The summed E-state index contributed by atoms with van der Waals surface area (Å²) >= 11 is 1.97. The van der Waals surface area contributed by atoms with Crippen LogP contribution in [0.3, 0.4) is 0 Å². The summed E-state index contributed by atoms with van der Waals surface area (Å²) in [5.74, 6) is 3.98. The first-order chi connectivity index (χ1) is 7.74. The lowest BCUT2D eigenvalue weighted by Crippen LogP contribution is -1.99. The molecule has 0 bridgehead atoms. The topological polar surface area (TPSA) is 9.23 Å². The molecule has 0 fully saturated rings. The fourth-order valence-corrected chi connectivity index (χ4v) is 2.05. The van der Waals surface area contributed by atoms with Gasteiger partial charge in [0.25, 0.3) is 0 Å². The Morgan fingerprint density at radius 2 is 1.88 bits per heavy atom. The van der Waals surface area contributed by atoms with E-state index in [2.05, 4.69) is 45.0 Å². The van der Waals surface area contributed by atoms with Gasteiger partial charge in [0.05, 0.1) is 6.61 Å². The minimum Gasteiger partial charge on any atom is -0.494 e. The Hall–Kier alpha value is -0.630. The first kappa shape index (κ1) is 13.4. The van der Waals surface area contributed by atoms with Crippen molar-refractivity contribution in [2.45, 2.75) is 33.1 Å². The molecular weight excluding hydrogens is 216 g/mol. The lowest BCUT2D eigenvalue weighted by molar-refractivity contribution is 0.318. The molecule has 0 aliphatic rings. The molecule has 0 aliphatic carbocycles. The van der Waals surface area contributed by atoms with Crippen LogP contribution < -0.4 is 4.74 Å². The van der Waals surface area contributed by atoms with Gasteiger partial charge in [-0.1, -0.05) is 32.9 Å². The maximum atomic E-state index is 5.67. The van der Waals surface area contributed by atoms with Gasteiger partial charge in [0, 0.05) is 0 Å². The summed E-state index contributed by atoms with van der Waals surface area (Å²) in [4.78, 5) is 0. The van der Waals surface area contributed by atoms with Crippen molar-refractivity contribution in [3.63, 3.8) is 0 Å². The van der Waals surface area contributed by atoms with E-state index in [9.17, 15) is 0 Å². The quantitative estimate of drug-likeness (QED) is 0.654. The second kappa shape index (κ2) is 7.61. The van der Waals surface area contributed by atoms with Crippen molar-refractivity contribution >= 4 is 11.8 Å². The van der Waals surface area contributed by atoms with Gasteiger partial charge in [-0.15, -0.1) is 0 Å². The highest BCUT2D eigenvalue weighted by atomic mass is 32.2. The van der Waals surface area contributed by atoms with Gasteiger partial charge in [0.2, 0.25) is 0 Å². The molecule has 0 heterocycles. The van der Waals surface area contributed by atoms with E-state index >= 15 is 0 Å². The normalized spacial score (nSPS) is 10.8. The Balaban J connectivity index is 2.27. The summed E-state index contributed by atoms with van der Waals surface area (Å²) in [5, 5.41) is 0. The molecule has 16 heavy (non-hydrogen) atoms. The lowest BCUT2D eigenvalue weighted by Gasteiger charge is -2.08. The zero-order valence-corrected chi connectivity index (χ0v) is 11.3. The van der Waals surface area contributed by atoms with Crippen molar-refractivity contribution in [3.05, 3.63) is 29.8 Å². The van der Waals surface area contributed by atoms with Crippen LogP contribution >= 0.6 is 11.8 Å². The van der Waals surface area contributed by atoms with Crippen LogP contribution in [0.15, 0.2) is 24.3 Å². The minimum atomic E-state index is 0.593. The molecule has 1 aromatic rings. The molecule has 0 aliphatic heterocycles. The molecule has 1 nitrogen and oxygen atoms in total. The van der Waals surface area contributed by atoms with E-state index in [4.69, 9.17) is 4.74 Å². The van der Waals surface area contributed by atoms with Crippen molar-refractivity contribution in [3.8, 4) is 5.75 Å². The molecule has 0 spiro atoms. The zero-order chi connectivity index (χ0) is 11.8. The van der Waals surface area contributed by atoms with E-state index in [1.807, 2.05) is 11.8 Å². The van der Waals surface area contributed by atoms with Crippen LogP contribution in [-0.2, 0) is 0 Å². The summed E-state index contributed by atoms with van der Waals surface area (Å²) in [7, 11) is 0. The van der Waals surface area contributed by atoms with Gasteiger partial charge in [0.15, 0.2) is 0 Å². The standard InChI is InChI=1S/C14H22OS/c1-4-16-11-5-10-15-14-8-6-13(7-9-14)12(2)3/h6-9,12H,4-5,10-11H2,1-3H3. The number of hydrogen-bond donors (Lipinski definition) is 0. The second-order valence-corrected chi connectivity index (χ2v) is 5.52. The number of thioether (sulfide) groups is 1. The van der Waals surface area contributed by atoms with Gasteiger partial charge in [-0.25, -0.2) is 0 Å². The van der Waals surface area contributed by atoms with E-state index < -0.39 is 0 Å². The molecule has 1 aromatic carbocycles. The third-order valence-electron chi connectivity index (χ3n) is 2.45. The Morgan fingerprint density at radius 1 is 1.19 bits per heavy atom. The predicted molar refractivity (Wildman–Crippen MR) is 73.6 cm³/mol. The maximum absolute atomic E-state index is 5.67. The molecule has 0 amide bonds. The SMILES string of the molecule is CCSCCCOc1ccc(C(C)C)cc1. The smallest absolute Gasteiger partial charge is 0.119 e. The Labute approximate surface area is 104 Å². The van der Waals surface area contributed by atoms with E-state index in [0.717, 1.165) is 18.8 Å². The van der Waals surface area contributed by atoms with Crippen molar-refractivity contribution in [2.75, 3.05) is 18.1 Å². The van der Waals surface area contributed by atoms with Crippen LogP contribution in [0.2, 0.25) is 0 Å². The zero-order valence-electron chi connectivity index (χ0n) is 10.5. The molecule has 0 saturated heterocycles. The fraction of sp³-hybridized carbons (Fsp3) is 0.571.